The minimum Gasteiger partial charge on any atom is -0.350 e. The Morgan fingerprint density at radius 2 is 2.40 bits per heavy atom. The van der Waals surface area contributed by atoms with Crippen molar-refractivity contribution in [2.45, 2.75) is 32.6 Å². The Hall–Kier alpha value is -2.18. The topological polar surface area (TPSA) is 99.4 Å². The van der Waals surface area contributed by atoms with Crippen LogP contribution in [0.15, 0.2) is 6.20 Å². The van der Waals surface area contributed by atoms with Gasteiger partial charge >= 0.3 is 0 Å². The summed E-state index contributed by atoms with van der Waals surface area (Å²) in [6, 6.07) is 0. The monoisotopic (exact) mass is 274 g/mol. The fourth-order valence-corrected chi connectivity index (χ4v) is 2.59. The summed E-state index contributed by atoms with van der Waals surface area (Å²) in [5.74, 6) is 0.502. The maximum Gasteiger partial charge on any atom is 0.272 e. The highest BCUT2D eigenvalue weighted by Crippen LogP contribution is 2.25. The van der Waals surface area contributed by atoms with Gasteiger partial charge in [-0.25, -0.2) is 0 Å². The molecule has 2 heterocycles. The van der Waals surface area contributed by atoms with E-state index >= 15 is 0 Å². The van der Waals surface area contributed by atoms with E-state index in [0.717, 1.165) is 36.2 Å². The first-order valence-electron chi connectivity index (χ1n) is 6.93. The summed E-state index contributed by atoms with van der Waals surface area (Å²) in [6.45, 7) is 2.74. The second-order valence-corrected chi connectivity index (χ2v) is 5.34. The molecule has 1 unspecified atom stereocenters. The van der Waals surface area contributed by atoms with Gasteiger partial charge in [0.2, 0.25) is 0 Å². The zero-order chi connectivity index (χ0) is 13.9. The van der Waals surface area contributed by atoms with Crippen LogP contribution >= 0.6 is 0 Å². The lowest BCUT2D eigenvalue weighted by Gasteiger charge is -2.17. The Bertz CT molecular complexity index is 588. The van der Waals surface area contributed by atoms with Gasteiger partial charge < -0.3 is 5.32 Å². The van der Waals surface area contributed by atoms with Gasteiger partial charge in [-0.1, -0.05) is 6.92 Å². The molecule has 2 aromatic heterocycles. The fourth-order valence-electron chi connectivity index (χ4n) is 2.59. The SMILES string of the molecule is CC1CCc2[nH]nc(C(=O)NCCc3cn[nH]n3)c2C1. The van der Waals surface area contributed by atoms with Crippen molar-refractivity contribution in [2.75, 3.05) is 6.54 Å². The van der Waals surface area contributed by atoms with Crippen molar-refractivity contribution in [3.63, 3.8) is 0 Å². The molecule has 0 spiro atoms. The molecule has 3 rings (SSSR count). The smallest absolute Gasteiger partial charge is 0.272 e. The lowest BCUT2D eigenvalue weighted by Crippen LogP contribution is -2.27. The number of aryl methyl sites for hydroxylation is 1. The number of carbonyl (C=O) groups is 1. The molecule has 1 aliphatic rings. The number of amides is 1. The number of nitrogens with zero attached hydrogens (tertiary/aromatic N) is 3. The van der Waals surface area contributed by atoms with E-state index in [-0.39, 0.29) is 5.91 Å². The van der Waals surface area contributed by atoms with Gasteiger partial charge in [0.05, 0.1) is 11.9 Å². The maximum atomic E-state index is 12.2. The van der Waals surface area contributed by atoms with Crippen LogP contribution in [0.2, 0.25) is 0 Å². The van der Waals surface area contributed by atoms with Gasteiger partial charge in [0, 0.05) is 24.2 Å². The first-order valence-corrected chi connectivity index (χ1v) is 6.93. The van der Waals surface area contributed by atoms with E-state index < -0.39 is 0 Å². The standard InChI is InChI=1S/C13H18N6O/c1-8-2-3-11-10(6-8)12(18-17-11)13(20)14-5-4-9-7-15-19-16-9/h7-8H,2-6H2,1H3,(H,14,20)(H,17,18)(H,15,16,19). The van der Waals surface area contributed by atoms with E-state index in [1.807, 2.05) is 0 Å². The number of aromatic nitrogens is 5. The van der Waals surface area contributed by atoms with Crippen LogP contribution in [-0.2, 0) is 19.3 Å². The van der Waals surface area contributed by atoms with E-state index in [1.54, 1.807) is 6.20 Å². The molecule has 106 valence electrons. The summed E-state index contributed by atoms with van der Waals surface area (Å²) in [6.07, 6.45) is 5.38. The van der Waals surface area contributed by atoms with Crippen LogP contribution in [0.25, 0.3) is 0 Å². The Kier molecular flexibility index (Phi) is 3.49. The van der Waals surface area contributed by atoms with Crippen molar-refractivity contribution < 1.29 is 4.79 Å². The number of carbonyl (C=O) groups excluding carboxylic acids is 1. The Morgan fingerprint density at radius 3 is 3.20 bits per heavy atom. The lowest BCUT2D eigenvalue weighted by molar-refractivity contribution is 0.0948. The molecular formula is C13H18N6O. The zero-order valence-corrected chi connectivity index (χ0v) is 11.4. The van der Waals surface area contributed by atoms with E-state index in [1.165, 1.54) is 0 Å². The summed E-state index contributed by atoms with van der Waals surface area (Å²) in [7, 11) is 0. The highest BCUT2D eigenvalue weighted by Gasteiger charge is 2.24. The molecule has 7 nitrogen and oxygen atoms in total. The van der Waals surface area contributed by atoms with Crippen LogP contribution < -0.4 is 5.32 Å². The molecule has 7 heteroatoms. The normalized spacial score (nSPS) is 17.8. The molecule has 2 aromatic rings. The van der Waals surface area contributed by atoms with Gasteiger partial charge in [-0.05, 0) is 25.2 Å². The Labute approximate surface area is 116 Å². The quantitative estimate of drug-likeness (QED) is 0.761. The molecule has 0 aromatic carbocycles. The third kappa shape index (κ3) is 2.56. The predicted molar refractivity (Wildman–Crippen MR) is 72.2 cm³/mol. The second-order valence-electron chi connectivity index (χ2n) is 5.34. The van der Waals surface area contributed by atoms with Gasteiger partial charge in [-0.15, -0.1) is 0 Å². The molecule has 3 N–H and O–H groups in total. The molecule has 1 amide bonds. The maximum absolute atomic E-state index is 12.2. The zero-order valence-electron chi connectivity index (χ0n) is 11.4. The fraction of sp³-hybridized carbons (Fsp3) is 0.538. The third-order valence-corrected chi connectivity index (χ3v) is 3.74. The van der Waals surface area contributed by atoms with Crippen molar-refractivity contribution in [1.29, 1.82) is 0 Å². The van der Waals surface area contributed by atoms with Gasteiger partial charge in [0.25, 0.3) is 5.91 Å². The number of hydrogen-bond donors (Lipinski definition) is 3. The highest BCUT2D eigenvalue weighted by atomic mass is 16.1. The molecule has 0 fully saturated rings. The molecule has 0 saturated heterocycles. The van der Waals surface area contributed by atoms with Crippen molar-refractivity contribution in [3.8, 4) is 0 Å². The summed E-state index contributed by atoms with van der Waals surface area (Å²) in [5, 5.41) is 20.3. The molecule has 0 radical (unpaired) electrons. The van der Waals surface area contributed by atoms with Crippen molar-refractivity contribution in [2.24, 2.45) is 5.92 Å². The lowest BCUT2D eigenvalue weighted by atomic mass is 9.87. The number of H-pyrrole nitrogens is 2. The largest absolute Gasteiger partial charge is 0.350 e. The van der Waals surface area contributed by atoms with Gasteiger partial charge in [0.15, 0.2) is 5.69 Å². The molecule has 0 saturated carbocycles. The van der Waals surface area contributed by atoms with Crippen LogP contribution in [0, 0.1) is 5.92 Å². The Balaban J connectivity index is 1.61. The minimum absolute atomic E-state index is 0.111. The van der Waals surface area contributed by atoms with Crippen molar-refractivity contribution in [3.05, 3.63) is 28.8 Å². The highest BCUT2D eigenvalue weighted by molar-refractivity contribution is 5.94. The minimum atomic E-state index is -0.111. The summed E-state index contributed by atoms with van der Waals surface area (Å²) >= 11 is 0. The number of hydrogen-bond acceptors (Lipinski definition) is 4. The number of fused-ring (bicyclic) bond motifs is 1. The van der Waals surface area contributed by atoms with Crippen LogP contribution in [0.3, 0.4) is 0 Å². The van der Waals surface area contributed by atoms with Crippen LogP contribution in [0.4, 0.5) is 0 Å². The molecule has 0 bridgehead atoms. The predicted octanol–water partition coefficient (Wildman–Crippen LogP) is 0.625. The third-order valence-electron chi connectivity index (χ3n) is 3.74. The van der Waals surface area contributed by atoms with Crippen LogP contribution in [0.1, 0.15) is 40.8 Å². The van der Waals surface area contributed by atoms with E-state index in [2.05, 4.69) is 37.8 Å². The molecule has 1 aliphatic carbocycles. The summed E-state index contributed by atoms with van der Waals surface area (Å²) in [4.78, 5) is 12.2. The molecule has 1 atom stereocenters. The average molecular weight is 274 g/mol. The first kappa shape index (κ1) is 12.8. The number of aromatic amines is 2. The van der Waals surface area contributed by atoms with E-state index in [0.29, 0.717) is 24.6 Å². The van der Waals surface area contributed by atoms with Gasteiger partial charge in [-0.2, -0.15) is 20.5 Å². The number of nitrogens with one attached hydrogen (secondary N) is 3. The van der Waals surface area contributed by atoms with Crippen LogP contribution in [-0.4, -0.2) is 38.1 Å². The first-order chi connectivity index (χ1) is 9.74. The Morgan fingerprint density at radius 1 is 1.50 bits per heavy atom. The van der Waals surface area contributed by atoms with E-state index in [9.17, 15) is 4.79 Å². The van der Waals surface area contributed by atoms with E-state index in [4.69, 9.17) is 0 Å². The molecule has 0 aliphatic heterocycles. The van der Waals surface area contributed by atoms with Crippen LogP contribution in [0.5, 0.6) is 0 Å². The van der Waals surface area contributed by atoms with Crippen molar-refractivity contribution >= 4 is 5.91 Å². The second kappa shape index (κ2) is 5.44. The average Bonchev–Trinajstić information content (AvgIpc) is 3.07. The summed E-state index contributed by atoms with van der Waals surface area (Å²) < 4.78 is 0. The van der Waals surface area contributed by atoms with Crippen molar-refractivity contribution in [1.82, 2.24) is 30.9 Å². The van der Waals surface area contributed by atoms with Gasteiger partial charge in [0.1, 0.15) is 0 Å². The molecule has 20 heavy (non-hydrogen) atoms. The summed E-state index contributed by atoms with van der Waals surface area (Å²) in [5.41, 5.74) is 3.59. The molecular weight excluding hydrogens is 256 g/mol. The van der Waals surface area contributed by atoms with Gasteiger partial charge in [-0.3, -0.25) is 9.89 Å². The number of rotatable bonds is 4.